The maximum Gasteiger partial charge on any atom is 0.271 e. The van der Waals surface area contributed by atoms with E-state index in [9.17, 15) is 24.5 Å². The van der Waals surface area contributed by atoms with E-state index in [1.54, 1.807) is 0 Å². The first-order valence-electron chi connectivity index (χ1n) is 11.2. The number of nitro benzene ring substituents is 1. The second kappa shape index (κ2) is 7.09. The number of nitro groups is 1. The molecule has 2 amide bonds. The Morgan fingerprint density at radius 3 is 2.11 bits per heavy atom. The molecule has 174 valence electrons. The van der Waals surface area contributed by atoms with Crippen LogP contribution >= 0.6 is 0 Å². The molecule has 0 aromatic heterocycles. The summed E-state index contributed by atoms with van der Waals surface area (Å²) in [6.45, 7) is 1.46. The summed E-state index contributed by atoms with van der Waals surface area (Å²) in [4.78, 5) is 53.7. The minimum atomic E-state index is -1.33. The number of carbonyl (C=O) groups excluding carboxylic acids is 3. The number of nitrogens with zero attached hydrogens (tertiary/aromatic N) is 2. The number of anilines is 1. The fourth-order valence-electron chi connectivity index (χ4n) is 6.57. The molecule has 7 rings (SSSR count). The van der Waals surface area contributed by atoms with Gasteiger partial charge in [0.15, 0.2) is 0 Å². The summed E-state index contributed by atoms with van der Waals surface area (Å²) in [7, 11) is 1.37. The van der Waals surface area contributed by atoms with Crippen LogP contribution in [0.4, 0.5) is 11.4 Å². The molecule has 1 heterocycles. The van der Waals surface area contributed by atoms with Crippen molar-refractivity contribution < 1.29 is 24.0 Å². The van der Waals surface area contributed by atoms with Crippen molar-refractivity contribution in [3.05, 3.63) is 99.1 Å². The predicted molar refractivity (Wildman–Crippen MR) is 125 cm³/mol. The highest BCUT2D eigenvalue weighted by atomic mass is 16.6. The molecule has 0 N–H and O–H groups in total. The van der Waals surface area contributed by atoms with Crippen LogP contribution in [-0.4, -0.2) is 29.6 Å². The van der Waals surface area contributed by atoms with Crippen LogP contribution in [0.5, 0.6) is 5.75 Å². The first-order valence-corrected chi connectivity index (χ1v) is 11.2. The van der Waals surface area contributed by atoms with Gasteiger partial charge in [-0.1, -0.05) is 48.5 Å². The summed E-state index contributed by atoms with van der Waals surface area (Å²) in [6.07, 6.45) is 0. The van der Waals surface area contributed by atoms with Crippen molar-refractivity contribution in [2.24, 2.45) is 11.8 Å². The van der Waals surface area contributed by atoms with E-state index in [-0.39, 0.29) is 22.9 Å². The zero-order chi connectivity index (χ0) is 24.6. The molecule has 0 unspecified atom stereocenters. The van der Waals surface area contributed by atoms with Gasteiger partial charge in [-0.2, -0.15) is 0 Å². The lowest BCUT2D eigenvalue weighted by Gasteiger charge is -2.52. The Labute approximate surface area is 200 Å². The van der Waals surface area contributed by atoms with E-state index >= 15 is 0 Å². The monoisotopic (exact) mass is 468 g/mol. The van der Waals surface area contributed by atoms with E-state index in [1.807, 2.05) is 48.5 Å². The van der Waals surface area contributed by atoms with Gasteiger partial charge in [-0.05, 0) is 35.2 Å². The summed E-state index contributed by atoms with van der Waals surface area (Å²) in [5.74, 6) is -3.30. The van der Waals surface area contributed by atoms with E-state index in [0.717, 1.165) is 27.2 Å². The van der Waals surface area contributed by atoms with Crippen molar-refractivity contribution in [3.8, 4) is 5.75 Å². The highest BCUT2D eigenvalue weighted by Gasteiger charge is 2.70. The summed E-state index contributed by atoms with van der Waals surface area (Å²) >= 11 is 0. The van der Waals surface area contributed by atoms with Gasteiger partial charge in [-0.15, -0.1) is 0 Å². The number of benzene rings is 3. The quantitative estimate of drug-likeness (QED) is 0.328. The second-order valence-electron chi connectivity index (χ2n) is 9.14. The van der Waals surface area contributed by atoms with Crippen LogP contribution < -0.4 is 9.64 Å². The summed E-state index contributed by atoms with van der Waals surface area (Å²) in [6, 6.07) is 18.8. The van der Waals surface area contributed by atoms with Crippen molar-refractivity contribution in [2.75, 3.05) is 12.0 Å². The predicted octanol–water partition coefficient (Wildman–Crippen LogP) is 3.74. The topological polar surface area (TPSA) is 107 Å². The van der Waals surface area contributed by atoms with Gasteiger partial charge < -0.3 is 4.74 Å². The van der Waals surface area contributed by atoms with Crippen LogP contribution in [0.2, 0.25) is 0 Å². The molecule has 3 aromatic rings. The third kappa shape index (κ3) is 2.43. The third-order valence-electron chi connectivity index (χ3n) is 7.79. The second-order valence-corrected chi connectivity index (χ2v) is 9.14. The van der Waals surface area contributed by atoms with E-state index in [0.29, 0.717) is 0 Å². The van der Waals surface area contributed by atoms with Crippen LogP contribution in [0.15, 0.2) is 66.7 Å². The molecule has 1 saturated heterocycles. The maximum absolute atomic E-state index is 14.1. The zero-order valence-corrected chi connectivity index (χ0v) is 18.9. The number of ketones is 1. The molecule has 0 radical (unpaired) electrons. The van der Waals surface area contributed by atoms with Crippen LogP contribution in [0.25, 0.3) is 0 Å². The maximum atomic E-state index is 14.1. The van der Waals surface area contributed by atoms with Gasteiger partial charge in [0.1, 0.15) is 17.2 Å². The van der Waals surface area contributed by atoms with Crippen LogP contribution in [0, 0.1) is 22.0 Å². The summed E-state index contributed by atoms with van der Waals surface area (Å²) in [5, 5.41) is 11.5. The van der Waals surface area contributed by atoms with Crippen LogP contribution in [0.3, 0.4) is 0 Å². The number of rotatable bonds is 4. The number of amides is 2. The fourth-order valence-corrected chi connectivity index (χ4v) is 6.57. The minimum Gasteiger partial charge on any atom is -0.495 e. The molecule has 3 aromatic carbocycles. The molecule has 1 aliphatic heterocycles. The zero-order valence-electron chi connectivity index (χ0n) is 18.9. The first kappa shape index (κ1) is 21.2. The standard InChI is InChI=1S/C27H20N2O6/c1-14(30)27-18-9-5-3-7-16(18)22(17-8-4-6-10-19(17)27)23-24(27)26(32)28(25(23)31)20-13-15(29(33)34)11-12-21(20)35-2/h3-13,22-24H,1-2H3/t22?,23-,24-,27?/m0/s1. The molecule has 1 fully saturated rings. The highest BCUT2D eigenvalue weighted by molar-refractivity contribution is 6.26. The SMILES string of the molecule is COc1ccc([N+](=O)[O-])cc1N1C(=O)[C@@H]2[C@@H](C1=O)C1c3ccccc3C2(C(C)=O)c2ccccc21. The lowest BCUT2D eigenvalue weighted by molar-refractivity contribution is -0.384. The number of non-ortho nitro benzene ring substituents is 1. The fraction of sp³-hybridized carbons (Fsp3) is 0.222. The van der Waals surface area contributed by atoms with Crippen molar-refractivity contribution in [3.63, 3.8) is 0 Å². The van der Waals surface area contributed by atoms with E-state index in [2.05, 4.69) is 0 Å². The number of hydrogen-bond donors (Lipinski definition) is 0. The number of carbonyl (C=O) groups is 3. The van der Waals surface area contributed by atoms with Crippen LogP contribution in [0.1, 0.15) is 35.1 Å². The number of imide groups is 1. The third-order valence-corrected chi connectivity index (χ3v) is 7.79. The highest BCUT2D eigenvalue weighted by Crippen LogP contribution is 2.64. The molecule has 2 atom stereocenters. The van der Waals surface area contributed by atoms with Gasteiger partial charge in [-0.3, -0.25) is 24.5 Å². The lowest BCUT2D eigenvalue weighted by Crippen LogP contribution is -2.57. The summed E-state index contributed by atoms with van der Waals surface area (Å²) in [5.41, 5.74) is 1.61. The molecule has 35 heavy (non-hydrogen) atoms. The molecule has 2 bridgehead atoms. The number of ether oxygens (including phenoxy) is 1. The Balaban J connectivity index is 1.65. The Bertz CT molecular complexity index is 1430. The van der Waals surface area contributed by atoms with Gasteiger partial charge in [0.2, 0.25) is 11.8 Å². The molecule has 0 saturated carbocycles. The Kier molecular flexibility index (Phi) is 4.30. The smallest absolute Gasteiger partial charge is 0.271 e. The largest absolute Gasteiger partial charge is 0.495 e. The molecular formula is C27H20N2O6. The number of hydrogen-bond acceptors (Lipinski definition) is 6. The molecule has 0 spiro atoms. The molecule has 4 aliphatic rings. The Morgan fingerprint density at radius 1 is 0.971 bits per heavy atom. The van der Waals surface area contributed by atoms with Crippen molar-refractivity contribution in [2.45, 2.75) is 18.3 Å². The average molecular weight is 468 g/mol. The van der Waals surface area contributed by atoms with E-state index in [4.69, 9.17) is 4.74 Å². The van der Waals surface area contributed by atoms with Crippen molar-refractivity contribution in [1.29, 1.82) is 0 Å². The first-order chi connectivity index (χ1) is 16.8. The van der Waals surface area contributed by atoms with E-state index in [1.165, 1.54) is 32.2 Å². The Morgan fingerprint density at radius 2 is 1.57 bits per heavy atom. The summed E-state index contributed by atoms with van der Waals surface area (Å²) < 4.78 is 5.37. The minimum absolute atomic E-state index is 0.0114. The van der Waals surface area contributed by atoms with Gasteiger partial charge >= 0.3 is 0 Å². The normalized spacial score (nSPS) is 25.7. The molecule has 8 heteroatoms. The average Bonchev–Trinajstić information content (AvgIpc) is 3.13. The number of Topliss-reactive ketones (excluding diaryl/α,β-unsaturated/α-hetero) is 1. The molecule has 8 nitrogen and oxygen atoms in total. The van der Waals surface area contributed by atoms with Gasteiger partial charge in [0.05, 0.1) is 29.3 Å². The van der Waals surface area contributed by atoms with Crippen molar-refractivity contribution in [1.82, 2.24) is 0 Å². The van der Waals surface area contributed by atoms with Crippen LogP contribution in [-0.2, 0) is 19.8 Å². The molecule has 3 aliphatic carbocycles. The molecular weight excluding hydrogens is 448 g/mol. The van der Waals surface area contributed by atoms with Gasteiger partial charge in [0, 0.05) is 18.1 Å². The lowest BCUT2D eigenvalue weighted by atomic mass is 9.46. The Hall–Kier alpha value is -4.33. The number of methoxy groups -OCH3 is 1. The van der Waals surface area contributed by atoms with E-state index < -0.39 is 39.9 Å². The van der Waals surface area contributed by atoms with Gasteiger partial charge in [-0.25, -0.2) is 4.90 Å². The van der Waals surface area contributed by atoms with Gasteiger partial charge in [0.25, 0.3) is 5.69 Å². The van der Waals surface area contributed by atoms with Crippen molar-refractivity contribution >= 4 is 29.0 Å².